The maximum Gasteiger partial charge on any atom is 0.411 e. The highest BCUT2D eigenvalue weighted by Gasteiger charge is 2.27. The molecule has 1 N–H and O–H groups in total. The van der Waals surface area contributed by atoms with Gasteiger partial charge in [-0.2, -0.15) is 13.2 Å². The molecule has 0 spiro atoms. The van der Waals surface area contributed by atoms with Crippen molar-refractivity contribution >= 4 is 28.3 Å². The van der Waals surface area contributed by atoms with Crippen LogP contribution in [0.3, 0.4) is 0 Å². The molecule has 1 rings (SSSR count). The Morgan fingerprint density at radius 3 is 2.71 bits per heavy atom. The first kappa shape index (κ1) is 14.6. The van der Waals surface area contributed by atoms with Gasteiger partial charge in [-0.15, -0.1) is 0 Å². The Bertz CT molecular complexity index is 368. The normalized spacial score (nSPS) is 11.6. The highest BCUT2D eigenvalue weighted by atomic mass is 127. The van der Waals surface area contributed by atoms with E-state index in [9.17, 15) is 13.2 Å². The van der Waals surface area contributed by atoms with Crippen molar-refractivity contribution < 1.29 is 17.9 Å². The predicted molar refractivity (Wildman–Crippen MR) is 69.3 cm³/mol. The van der Waals surface area contributed by atoms with Gasteiger partial charge in [0.15, 0.2) is 0 Å². The summed E-state index contributed by atoms with van der Waals surface area (Å²) in [5.41, 5.74) is 1.98. The van der Waals surface area contributed by atoms with Gasteiger partial charge in [-0.25, -0.2) is 0 Å². The molecule has 0 unspecified atom stereocenters. The van der Waals surface area contributed by atoms with Gasteiger partial charge in [-0.1, -0.05) is 6.07 Å². The van der Waals surface area contributed by atoms with E-state index in [0.717, 1.165) is 14.8 Å². The summed E-state index contributed by atoms with van der Waals surface area (Å²) in [5.74, 6) is 0. The summed E-state index contributed by atoms with van der Waals surface area (Å²) in [7, 11) is 0. The lowest BCUT2D eigenvalue weighted by molar-refractivity contribution is -0.172. The van der Waals surface area contributed by atoms with Crippen molar-refractivity contribution in [1.29, 1.82) is 0 Å². The van der Waals surface area contributed by atoms with Crippen molar-refractivity contribution in [1.82, 2.24) is 0 Å². The minimum Gasteiger partial charge on any atom is -0.382 e. The van der Waals surface area contributed by atoms with E-state index in [1.165, 1.54) is 0 Å². The molecule has 1 aromatic carbocycles. The summed E-state index contributed by atoms with van der Waals surface area (Å²) in [6, 6.07) is 5.88. The quantitative estimate of drug-likeness (QED) is 0.641. The molecule has 0 saturated heterocycles. The van der Waals surface area contributed by atoms with Crippen LogP contribution in [0, 0.1) is 10.5 Å². The van der Waals surface area contributed by atoms with Crippen molar-refractivity contribution in [3.63, 3.8) is 0 Å². The van der Waals surface area contributed by atoms with E-state index in [2.05, 4.69) is 32.6 Å². The Morgan fingerprint density at radius 1 is 1.35 bits per heavy atom. The monoisotopic (exact) mass is 359 g/mol. The number of rotatable bonds is 5. The van der Waals surface area contributed by atoms with E-state index in [4.69, 9.17) is 0 Å². The van der Waals surface area contributed by atoms with Crippen molar-refractivity contribution in [2.45, 2.75) is 13.1 Å². The lowest BCUT2D eigenvalue weighted by atomic mass is 10.2. The van der Waals surface area contributed by atoms with Crippen LogP contribution in [0.25, 0.3) is 0 Å². The molecule has 17 heavy (non-hydrogen) atoms. The molecule has 0 aliphatic rings. The number of alkyl halides is 3. The van der Waals surface area contributed by atoms with Crippen LogP contribution in [-0.4, -0.2) is 25.9 Å². The van der Waals surface area contributed by atoms with E-state index in [-0.39, 0.29) is 6.61 Å². The number of anilines is 1. The summed E-state index contributed by atoms with van der Waals surface area (Å²) in [6.07, 6.45) is -4.25. The van der Waals surface area contributed by atoms with Gasteiger partial charge in [0.1, 0.15) is 6.61 Å². The highest BCUT2D eigenvalue weighted by molar-refractivity contribution is 14.1. The van der Waals surface area contributed by atoms with Gasteiger partial charge in [0, 0.05) is 15.8 Å². The van der Waals surface area contributed by atoms with Crippen molar-refractivity contribution in [3.8, 4) is 0 Å². The molecule has 6 heteroatoms. The molecule has 1 aromatic rings. The first-order chi connectivity index (χ1) is 7.88. The molecule has 0 aliphatic heterocycles. The summed E-state index contributed by atoms with van der Waals surface area (Å²) < 4.78 is 40.9. The lowest BCUT2D eigenvalue weighted by Crippen LogP contribution is -2.20. The third-order valence-corrected chi connectivity index (χ3v) is 2.70. The fraction of sp³-hybridized carbons (Fsp3) is 0.455. The molecular weight excluding hydrogens is 346 g/mol. The third kappa shape index (κ3) is 6.11. The summed E-state index contributed by atoms with van der Waals surface area (Å²) in [6.45, 7) is 1.14. The van der Waals surface area contributed by atoms with Crippen LogP contribution in [0.15, 0.2) is 18.2 Å². The Kier molecular flexibility index (Phi) is 5.51. The molecule has 0 saturated carbocycles. The first-order valence-corrected chi connectivity index (χ1v) is 6.11. The lowest BCUT2D eigenvalue weighted by Gasteiger charge is -2.11. The number of hydrogen-bond donors (Lipinski definition) is 1. The molecule has 96 valence electrons. The van der Waals surface area contributed by atoms with Crippen LogP contribution in [0.1, 0.15) is 5.56 Å². The number of benzene rings is 1. The van der Waals surface area contributed by atoms with Gasteiger partial charge in [0.05, 0.1) is 6.61 Å². The Morgan fingerprint density at radius 2 is 2.06 bits per heavy atom. The zero-order chi connectivity index (χ0) is 12.9. The average Bonchev–Trinajstić information content (AvgIpc) is 2.21. The average molecular weight is 359 g/mol. The summed E-state index contributed by atoms with van der Waals surface area (Å²) in [4.78, 5) is 0. The Hall–Kier alpha value is -0.500. The predicted octanol–water partition coefficient (Wildman–Crippen LogP) is 3.59. The van der Waals surface area contributed by atoms with Gasteiger partial charge in [-0.3, -0.25) is 0 Å². The standard InChI is InChI=1S/C11H13F3INO/c1-8-2-3-9(15)6-10(8)16-4-5-17-7-11(12,13)14/h2-3,6,16H,4-5,7H2,1H3. The van der Waals surface area contributed by atoms with E-state index in [1.54, 1.807) is 0 Å². The molecule has 0 aliphatic carbocycles. The van der Waals surface area contributed by atoms with Crippen LogP contribution in [-0.2, 0) is 4.74 Å². The van der Waals surface area contributed by atoms with Gasteiger partial charge in [0.2, 0.25) is 0 Å². The van der Waals surface area contributed by atoms with E-state index < -0.39 is 12.8 Å². The van der Waals surface area contributed by atoms with Gasteiger partial charge in [-0.05, 0) is 47.2 Å². The van der Waals surface area contributed by atoms with Gasteiger partial charge >= 0.3 is 6.18 Å². The molecule has 2 nitrogen and oxygen atoms in total. The van der Waals surface area contributed by atoms with Crippen molar-refractivity contribution in [2.24, 2.45) is 0 Å². The number of halogens is 4. The molecule has 0 atom stereocenters. The Balaban J connectivity index is 2.29. The van der Waals surface area contributed by atoms with Crippen molar-refractivity contribution in [2.75, 3.05) is 25.1 Å². The number of aryl methyl sites for hydroxylation is 1. The van der Waals surface area contributed by atoms with Crippen molar-refractivity contribution in [3.05, 3.63) is 27.3 Å². The number of hydrogen-bond acceptors (Lipinski definition) is 2. The topological polar surface area (TPSA) is 21.3 Å². The molecule has 0 amide bonds. The van der Waals surface area contributed by atoms with Crippen LogP contribution in [0.2, 0.25) is 0 Å². The van der Waals surface area contributed by atoms with Crippen LogP contribution in [0.4, 0.5) is 18.9 Å². The second-order valence-corrected chi connectivity index (χ2v) is 4.80. The third-order valence-electron chi connectivity index (χ3n) is 2.03. The zero-order valence-electron chi connectivity index (χ0n) is 9.27. The second kappa shape index (κ2) is 6.44. The minimum absolute atomic E-state index is 0.0322. The fourth-order valence-corrected chi connectivity index (χ4v) is 1.72. The minimum atomic E-state index is -4.25. The molecule has 0 bridgehead atoms. The summed E-state index contributed by atoms with van der Waals surface area (Å²) >= 11 is 2.18. The second-order valence-electron chi connectivity index (χ2n) is 3.55. The molecular formula is C11H13F3INO. The summed E-state index contributed by atoms with van der Waals surface area (Å²) in [5, 5.41) is 3.04. The van der Waals surface area contributed by atoms with Gasteiger partial charge < -0.3 is 10.1 Å². The van der Waals surface area contributed by atoms with E-state index in [0.29, 0.717) is 6.54 Å². The number of nitrogens with one attached hydrogen (secondary N) is 1. The maximum absolute atomic E-state index is 11.8. The first-order valence-electron chi connectivity index (χ1n) is 5.03. The van der Waals surface area contributed by atoms with Crippen LogP contribution in [0.5, 0.6) is 0 Å². The SMILES string of the molecule is Cc1ccc(I)cc1NCCOCC(F)(F)F. The molecule has 0 aromatic heterocycles. The molecule has 0 heterocycles. The molecule has 0 fully saturated rings. The van der Waals surface area contributed by atoms with E-state index in [1.807, 2.05) is 25.1 Å². The maximum atomic E-state index is 11.8. The Labute approximate surface area is 112 Å². The van der Waals surface area contributed by atoms with E-state index >= 15 is 0 Å². The largest absolute Gasteiger partial charge is 0.411 e. The smallest absolute Gasteiger partial charge is 0.382 e. The molecule has 0 radical (unpaired) electrons. The highest BCUT2D eigenvalue weighted by Crippen LogP contribution is 2.18. The van der Waals surface area contributed by atoms with Crippen LogP contribution < -0.4 is 5.32 Å². The zero-order valence-corrected chi connectivity index (χ0v) is 11.4. The number of ether oxygens (including phenoxy) is 1. The van der Waals surface area contributed by atoms with Gasteiger partial charge in [0.25, 0.3) is 0 Å². The van der Waals surface area contributed by atoms with Crippen LogP contribution >= 0.6 is 22.6 Å². The fourth-order valence-electron chi connectivity index (χ4n) is 1.23.